The van der Waals surface area contributed by atoms with Crippen molar-refractivity contribution < 1.29 is 9.53 Å². The van der Waals surface area contributed by atoms with E-state index >= 15 is 0 Å². The van der Waals surface area contributed by atoms with E-state index in [0.29, 0.717) is 18.8 Å². The SMILES string of the molecule is N#CN1CCCN1C(=O)Oc1cccc2ncccc12. The van der Waals surface area contributed by atoms with Crippen LogP contribution in [-0.4, -0.2) is 34.2 Å². The zero-order chi connectivity index (χ0) is 13.9. The van der Waals surface area contributed by atoms with Crippen molar-refractivity contribution in [1.82, 2.24) is 15.0 Å². The summed E-state index contributed by atoms with van der Waals surface area (Å²) < 4.78 is 5.40. The molecule has 6 heteroatoms. The Hall–Kier alpha value is -2.81. The van der Waals surface area contributed by atoms with E-state index in [4.69, 9.17) is 10.00 Å². The molecule has 0 saturated carbocycles. The predicted molar refractivity (Wildman–Crippen MR) is 71.4 cm³/mol. The number of hydrogen-bond acceptors (Lipinski definition) is 5. The normalized spacial score (nSPS) is 14.3. The molecule has 6 nitrogen and oxygen atoms in total. The molecule has 3 rings (SSSR count). The van der Waals surface area contributed by atoms with Crippen LogP contribution in [0.1, 0.15) is 6.42 Å². The number of carbonyl (C=O) groups excluding carboxylic acids is 1. The van der Waals surface area contributed by atoms with E-state index in [1.807, 2.05) is 18.3 Å². The van der Waals surface area contributed by atoms with Crippen LogP contribution in [-0.2, 0) is 0 Å². The van der Waals surface area contributed by atoms with Gasteiger partial charge in [-0.2, -0.15) is 5.26 Å². The van der Waals surface area contributed by atoms with Crippen molar-refractivity contribution in [3.63, 3.8) is 0 Å². The van der Waals surface area contributed by atoms with Crippen molar-refractivity contribution in [2.75, 3.05) is 13.1 Å². The third-order valence-corrected chi connectivity index (χ3v) is 3.16. The molecule has 0 unspecified atom stereocenters. The van der Waals surface area contributed by atoms with E-state index in [-0.39, 0.29) is 0 Å². The van der Waals surface area contributed by atoms with Crippen LogP contribution >= 0.6 is 0 Å². The van der Waals surface area contributed by atoms with E-state index < -0.39 is 6.09 Å². The molecule has 0 atom stereocenters. The van der Waals surface area contributed by atoms with E-state index in [9.17, 15) is 4.79 Å². The Balaban J connectivity index is 1.86. The first-order valence-electron chi connectivity index (χ1n) is 6.30. The number of hydrogen-bond donors (Lipinski definition) is 0. The second-order valence-electron chi connectivity index (χ2n) is 4.39. The molecule has 0 N–H and O–H groups in total. The number of amides is 1. The molecular formula is C14H12N4O2. The van der Waals surface area contributed by atoms with Gasteiger partial charge in [-0.05, 0) is 30.7 Å². The van der Waals surface area contributed by atoms with Gasteiger partial charge in [0.2, 0.25) is 0 Å². The number of carbonyl (C=O) groups is 1. The van der Waals surface area contributed by atoms with Crippen molar-refractivity contribution in [1.29, 1.82) is 5.26 Å². The Kier molecular flexibility index (Phi) is 3.09. The Morgan fingerprint density at radius 2 is 2.20 bits per heavy atom. The predicted octanol–water partition coefficient (Wildman–Crippen LogP) is 2.14. The maximum Gasteiger partial charge on any atom is 0.434 e. The first-order valence-corrected chi connectivity index (χ1v) is 6.30. The van der Waals surface area contributed by atoms with Gasteiger partial charge in [0.25, 0.3) is 0 Å². The van der Waals surface area contributed by atoms with Crippen molar-refractivity contribution >= 4 is 17.0 Å². The smallest absolute Gasteiger partial charge is 0.408 e. The van der Waals surface area contributed by atoms with Crippen molar-refractivity contribution in [3.05, 3.63) is 36.5 Å². The zero-order valence-electron chi connectivity index (χ0n) is 10.7. The average Bonchev–Trinajstić information content (AvgIpc) is 2.96. The highest BCUT2D eigenvalue weighted by molar-refractivity contribution is 5.87. The van der Waals surface area contributed by atoms with Crippen LogP contribution < -0.4 is 4.74 Å². The van der Waals surface area contributed by atoms with Gasteiger partial charge in [-0.15, -0.1) is 0 Å². The number of aromatic nitrogens is 1. The van der Waals surface area contributed by atoms with Crippen molar-refractivity contribution in [2.24, 2.45) is 0 Å². The summed E-state index contributed by atoms with van der Waals surface area (Å²) in [6.45, 7) is 1.04. The van der Waals surface area contributed by atoms with Gasteiger partial charge in [0.05, 0.1) is 12.1 Å². The molecule has 0 bridgehead atoms. The largest absolute Gasteiger partial charge is 0.434 e. The Bertz CT molecular complexity index is 690. The molecule has 1 aliphatic rings. The minimum atomic E-state index is -0.541. The van der Waals surface area contributed by atoms with Crippen LogP contribution in [0.15, 0.2) is 36.5 Å². The lowest BCUT2D eigenvalue weighted by Gasteiger charge is -2.21. The van der Waals surface area contributed by atoms with Crippen LogP contribution in [0.2, 0.25) is 0 Å². The topological polar surface area (TPSA) is 69.5 Å². The number of pyridine rings is 1. The van der Waals surface area contributed by atoms with E-state index in [2.05, 4.69) is 4.98 Å². The Morgan fingerprint density at radius 1 is 1.30 bits per heavy atom. The molecular weight excluding hydrogens is 256 g/mol. The molecule has 1 aliphatic heterocycles. The molecule has 0 aliphatic carbocycles. The van der Waals surface area contributed by atoms with E-state index in [1.54, 1.807) is 24.4 Å². The lowest BCUT2D eigenvalue weighted by molar-refractivity contribution is 0.0805. The summed E-state index contributed by atoms with van der Waals surface area (Å²) >= 11 is 0. The molecule has 1 saturated heterocycles. The molecule has 0 spiro atoms. The second-order valence-corrected chi connectivity index (χ2v) is 4.39. The zero-order valence-corrected chi connectivity index (χ0v) is 10.7. The fraction of sp³-hybridized carbons (Fsp3) is 0.214. The average molecular weight is 268 g/mol. The highest BCUT2D eigenvalue weighted by Gasteiger charge is 2.27. The fourth-order valence-corrected chi connectivity index (χ4v) is 2.22. The fourth-order valence-electron chi connectivity index (χ4n) is 2.22. The number of benzene rings is 1. The molecule has 2 heterocycles. The second kappa shape index (κ2) is 5.05. The minimum Gasteiger partial charge on any atom is -0.408 e. The Labute approximate surface area is 115 Å². The number of ether oxygens (including phenoxy) is 1. The number of nitriles is 1. The summed E-state index contributed by atoms with van der Waals surface area (Å²) in [6.07, 6.45) is 3.87. The summed E-state index contributed by atoms with van der Waals surface area (Å²) in [5.74, 6) is 0.449. The van der Waals surface area contributed by atoms with Crippen LogP contribution in [0.4, 0.5) is 4.79 Å². The quantitative estimate of drug-likeness (QED) is 0.741. The third kappa shape index (κ3) is 2.10. The van der Waals surface area contributed by atoms with Crippen LogP contribution in [0.3, 0.4) is 0 Å². The van der Waals surface area contributed by atoms with Crippen LogP contribution in [0.25, 0.3) is 10.9 Å². The monoisotopic (exact) mass is 268 g/mol. The minimum absolute atomic E-state index is 0.449. The van der Waals surface area contributed by atoms with Gasteiger partial charge in [-0.1, -0.05) is 6.07 Å². The van der Waals surface area contributed by atoms with Gasteiger partial charge < -0.3 is 4.74 Å². The highest BCUT2D eigenvalue weighted by atomic mass is 16.6. The maximum atomic E-state index is 12.1. The summed E-state index contributed by atoms with van der Waals surface area (Å²) in [4.78, 5) is 16.3. The molecule has 1 aromatic heterocycles. The third-order valence-electron chi connectivity index (χ3n) is 3.16. The maximum absolute atomic E-state index is 12.1. The van der Waals surface area contributed by atoms with Gasteiger partial charge in [-0.3, -0.25) is 4.98 Å². The van der Waals surface area contributed by atoms with Gasteiger partial charge in [-0.25, -0.2) is 14.8 Å². The summed E-state index contributed by atoms with van der Waals surface area (Å²) in [5.41, 5.74) is 0.761. The summed E-state index contributed by atoms with van der Waals surface area (Å²) in [7, 11) is 0. The molecule has 100 valence electrons. The molecule has 1 fully saturated rings. The lowest BCUT2D eigenvalue weighted by atomic mass is 10.2. The van der Waals surface area contributed by atoms with Gasteiger partial charge in [0, 0.05) is 18.1 Å². The number of rotatable bonds is 1. The molecule has 1 aromatic carbocycles. The molecule has 0 radical (unpaired) electrons. The van der Waals surface area contributed by atoms with Gasteiger partial charge >= 0.3 is 6.09 Å². The lowest BCUT2D eigenvalue weighted by Crippen LogP contribution is -2.40. The van der Waals surface area contributed by atoms with E-state index in [0.717, 1.165) is 17.3 Å². The van der Waals surface area contributed by atoms with Crippen molar-refractivity contribution in [2.45, 2.75) is 6.42 Å². The summed E-state index contributed by atoms with van der Waals surface area (Å²) in [6, 6.07) is 8.98. The van der Waals surface area contributed by atoms with E-state index in [1.165, 1.54) is 10.0 Å². The van der Waals surface area contributed by atoms with Crippen LogP contribution in [0.5, 0.6) is 5.75 Å². The molecule has 1 amide bonds. The number of nitrogens with zero attached hydrogens (tertiary/aromatic N) is 4. The number of hydrazine groups is 1. The summed E-state index contributed by atoms with van der Waals surface area (Å²) in [5, 5.41) is 12.3. The highest BCUT2D eigenvalue weighted by Crippen LogP contribution is 2.24. The van der Waals surface area contributed by atoms with Gasteiger partial charge in [0.15, 0.2) is 6.19 Å². The first kappa shape index (κ1) is 12.2. The Morgan fingerprint density at radius 3 is 3.05 bits per heavy atom. The van der Waals surface area contributed by atoms with Crippen LogP contribution in [0, 0.1) is 11.5 Å². The molecule has 20 heavy (non-hydrogen) atoms. The number of fused-ring (bicyclic) bond motifs is 1. The van der Waals surface area contributed by atoms with Crippen molar-refractivity contribution in [3.8, 4) is 11.9 Å². The standard InChI is InChI=1S/C14H12N4O2/c15-10-17-8-3-9-18(17)14(19)20-13-6-1-5-12-11(13)4-2-7-16-12/h1-2,4-7H,3,8-9H2. The first-order chi connectivity index (χ1) is 9.79. The van der Waals surface area contributed by atoms with Gasteiger partial charge in [0.1, 0.15) is 5.75 Å². The molecule has 2 aromatic rings.